The Hall–Kier alpha value is -3.27. The molecule has 10 heteroatoms. The van der Waals surface area contributed by atoms with Crippen LogP contribution in [0.25, 0.3) is 5.69 Å². The minimum Gasteiger partial charge on any atom is -0.448 e. The molecule has 1 aromatic heterocycles. The molecule has 0 fully saturated rings. The van der Waals surface area contributed by atoms with Gasteiger partial charge in [-0.25, -0.2) is 22.9 Å². The monoisotopic (exact) mass is 435 g/mol. The molecule has 3 aromatic rings. The van der Waals surface area contributed by atoms with Crippen LogP contribution >= 0.6 is 11.8 Å². The molecule has 1 heterocycles. The lowest BCUT2D eigenvalue weighted by Crippen LogP contribution is -2.31. The minimum atomic E-state index is -1.36. The molecule has 0 aliphatic heterocycles. The summed E-state index contributed by atoms with van der Waals surface area (Å²) in [5.41, 5.74) is -0.162. The third-order valence-electron chi connectivity index (χ3n) is 4.07. The van der Waals surface area contributed by atoms with E-state index in [1.807, 2.05) is 0 Å². The maximum atomic E-state index is 13.7. The summed E-state index contributed by atoms with van der Waals surface area (Å²) in [4.78, 5) is 29.0. The number of aromatic nitrogens is 2. The lowest BCUT2D eigenvalue weighted by atomic mass is 10.2. The van der Waals surface area contributed by atoms with E-state index in [1.54, 1.807) is 6.26 Å². The van der Waals surface area contributed by atoms with Gasteiger partial charge in [-0.05, 0) is 49.6 Å². The Labute approximate surface area is 174 Å². The average molecular weight is 435 g/mol. The predicted molar refractivity (Wildman–Crippen MR) is 105 cm³/mol. The minimum absolute atomic E-state index is 0.00248. The van der Waals surface area contributed by atoms with Crippen molar-refractivity contribution in [3.8, 4) is 5.69 Å². The van der Waals surface area contributed by atoms with Crippen LogP contribution in [0.4, 0.5) is 18.9 Å². The van der Waals surface area contributed by atoms with E-state index in [0.29, 0.717) is 10.8 Å². The molecule has 1 unspecified atom stereocenters. The van der Waals surface area contributed by atoms with Crippen LogP contribution in [0, 0.1) is 17.5 Å². The molecule has 2 aromatic carbocycles. The van der Waals surface area contributed by atoms with E-state index in [1.165, 1.54) is 53.7 Å². The molecule has 0 saturated heterocycles. The van der Waals surface area contributed by atoms with Crippen molar-refractivity contribution in [2.24, 2.45) is 0 Å². The van der Waals surface area contributed by atoms with Gasteiger partial charge in [0.05, 0.1) is 6.20 Å². The molecular weight excluding hydrogens is 419 g/mol. The molecule has 1 N–H and O–H groups in total. The summed E-state index contributed by atoms with van der Waals surface area (Å²) >= 11 is 1.25. The Morgan fingerprint density at radius 2 is 1.73 bits per heavy atom. The highest BCUT2D eigenvalue weighted by molar-refractivity contribution is 7.98. The molecule has 30 heavy (non-hydrogen) atoms. The molecule has 1 amide bonds. The second-order valence-corrected chi connectivity index (χ2v) is 6.85. The summed E-state index contributed by atoms with van der Waals surface area (Å²) in [7, 11) is 0. The van der Waals surface area contributed by atoms with Crippen LogP contribution in [-0.4, -0.2) is 33.8 Å². The van der Waals surface area contributed by atoms with Crippen LogP contribution in [0.5, 0.6) is 0 Å². The van der Waals surface area contributed by atoms with Crippen molar-refractivity contribution in [2.75, 3.05) is 11.6 Å². The van der Waals surface area contributed by atoms with Gasteiger partial charge in [-0.2, -0.15) is 0 Å². The number of imidazole rings is 1. The smallest absolute Gasteiger partial charge is 0.357 e. The molecule has 0 bridgehead atoms. The number of hydrogen-bond acceptors (Lipinski definition) is 5. The number of thioether (sulfide) groups is 1. The van der Waals surface area contributed by atoms with Crippen molar-refractivity contribution in [2.45, 2.75) is 18.2 Å². The van der Waals surface area contributed by atoms with Gasteiger partial charge in [-0.1, -0.05) is 17.8 Å². The fraction of sp³-hybridized carbons (Fsp3) is 0.150. The molecule has 0 spiro atoms. The number of carbonyl (C=O) groups excluding carboxylic acids is 2. The van der Waals surface area contributed by atoms with Crippen molar-refractivity contribution in [1.29, 1.82) is 0 Å². The Balaban J connectivity index is 1.80. The van der Waals surface area contributed by atoms with Gasteiger partial charge >= 0.3 is 5.97 Å². The molecule has 6 nitrogen and oxygen atoms in total. The fourth-order valence-electron chi connectivity index (χ4n) is 2.58. The van der Waals surface area contributed by atoms with Gasteiger partial charge in [0.2, 0.25) is 0 Å². The third-order valence-corrected chi connectivity index (χ3v) is 4.72. The van der Waals surface area contributed by atoms with Crippen molar-refractivity contribution >= 4 is 29.3 Å². The second-order valence-electron chi connectivity index (χ2n) is 6.08. The van der Waals surface area contributed by atoms with Crippen molar-refractivity contribution in [1.82, 2.24) is 9.55 Å². The Kier molecular flexibility index (Phi) is 6.46. The van der Waals surface area contributed by atoms with Crippen molar-refractivity contribution in [3.05, 3.63) is 71.8 Å². The van der Waals surface area contributed by atoms with Crippen LogP contribution in [0.2, 0.25) is 0 Å². The van der Waals surface area contributed by atoms with Gasteiger partial charge < -0.3 is 10.1 Å². The third kappa shape index (κ3) is 4.48. The SMILES string of the molecule is CSc1ncc(C(=O)OC(C)C(=O)Nc2c(F)cccc2F)n1-c1ccc(F)cc1. The van der Waals surface area contributed by atoms with E-state index >= 15 is 0 Å². The molecule has 0 aliphatic rings. The normalized spacial score (nSPS) is 11.8. The number of esters is 1. The Morgan fingerprint density at radius 1 is 1.10 bits per heavy atom. The summed E-state index contributed by atoms with van der Waals surface area (Å²) in [5.74, 6) is -4.16. The molecular formula is C20H16F3N3O3S. The largest absolute Gasteiger partial charge is 0.448 e. The zero-order valence-corrected chi connectivity index (χ0v) is 16.7. The fourth-order valence-corrected chi connectivity index (χ4v) is 3.12. The number of ether oxygens (including phenoxy) is 1. The van der Waals surface area contributed by atoms with Gasteiger partial charge in [0.15, 0.2) is 17.0 Å². The lowest BCUT2D eigenvalue weighted by molar-refractivity contribution is -0.123. The zero-order valence-electron chi connectivity index (χ0n) is 15.9. The van der Waals surface area contributed by atoms with Crippen molar-refractivity contribution in [3.63, 3.8) is 0 Å². The number of carbonyl (C=O) groups is 2. The van der Waals surface area contributed by atoms with E-state index < -0.39 is 41.1 Å². The van der Waals surface area contributed by atoms with Crippen LogP contribution in [0.3, 0.4) is 0 Å². The molecule has 0 aliphatic carbocycles. The summed E-state index contributed by atoms with van der Waals surface area (Å²) in [6, 6.07) is 8.52. The van der Waals surface area contributed by atoms with Crippen LogP contribution in [-0.2, 0) is 9.53 Å². The van der Waals surface area contributed by atoms with Gasteiger partial charge in [0.25, 0.3) is 5.91 Å². The number of anilines is 1. The van der Waals surface area contributed by atoms with E-state index in [-0.39, 0.29) is 5.69 Å². The summed E-state index contributed by atoms with van der Waals surface area (Å²) in [6.45, 7) is 1.26. The van der Waals surface area contributed by atoms with Crippen LogP contribution in [0.1, 0.15) is 17.4 Å². The van der Waals surface area contributed by atoms with Crippen LogP contribution in [0.15, 0.2) is 53.8 Å². The standard InChI is InChI=1S/C20H16F3N3O3S/c1-11(18(27)25-17-14(22)4-3-5-15(17)23)29-19(28)16-10-24-20(30-2)26(16)13-8-6-12(21)7-9-13/h3-11H,1-2H3,(H,25,27). The highest BCUT2D eigenvalue weighted by atomic mass is 32.2. The van der Waals surface area contributed by atoms with Crippen LogP contribution < -0.4 is 5.32 Å². The molecule has 1 atom stereocenters. The summed E-state index contributed by atoms with van der Waals surface area (Å²) < 4.78 is 47.3. The quantitative estimate of drug-likeness (QED) is 0.464. The van der Waals surface area contributed by atoms with Crippen molar-refractivity contribution < 1.29 is 27.5 Å². The summed E-state index contributed by atoms with van der Waals surface area (Å²) in [5, 5.41) is 2.51. The lowest BCUT2D eigenvalue weighted by Gasteiger charge is -2.15. The molecule has 0 saturated carbocycles. The first-order valence-electron chi connectivity index (χ1n) is 8.65. The first kappa shape index (κ1) is 21.4. The summed E-state index contributed by atoms with van der Waals surface area (Å²) in [6.07, 6.45) is 1.65. The Morgan fingerprint density at radius 3 is 2.33 bits per heavy atom. The Bertz CT molecular complexity index is 1070. The first-order chi connectivity index (χ1) is 14.3. The molecule has 0 radical (unpaired) electrons. The molecule has 156 valence electrons. The number of halogens is 3. The van der Waals surface area contributed by atoms with E-state index in [9.17, 15) is 22.8 Å². The van der Waals surface area contributed by atoms with Gasteiger partial charge in [0, 0.05) is 5.69 Å². The number of amides is 1. The van der Waals surface area contributed by atoms with Gasteiger partial charge in [0.1, 0.15) is 23.1 Å². The maximum absolute atomic E-state index is 13.7. The number of benzene rings is 2. The van der Waals surface area contributed by atoms with E-state index in [0.717, 1.165) is 18.2 Å². The number of hydrogen-bond donors (Lipinski definition) is 1. The topological polar surface area (TPSA) is 73.2 Å². The van der Waals surface area contributed by atoms with Gasteiger partial charge in [-0.15, -0.1) is 0 Å². The first-order valence-corrected chi connectivity index (χ1v) is 9.87. The maximum Gasteiger partial charge on any atom is 0.357 e. The average Bonchev–Trinajstić information content (AvgIpc) is 3.15. The highest BCUT2D eigenvalue weighted by Gasteiger charge is 2.25. The van der Waals surface area contributed by atoms with E-state index in [2.05, 4.69) is 10.3 Å². The highest BCUT2D eigenvalue weighted by Crippen LogP contribution is 2.23. The number of nitrogens with one attached hydrogen (secondary N) is 1. The number of para-hydroxylation sites is 1. The van der Waals surface area contributed by atoms with E-state index in [4.69, 9.17) is 4.74 Å². The molecule has 3 rings (SSSR count). The zero-order chi connectivity index (χ0) is 21.8. The second kappa shape index (κ2) is 9.04. The predicted octanol–water partition coefficient (Wildman–Crippen LogP) is 4.20. The number of nitrogens with zero attached hydrogens (tertiary/aromatic N) is 2. The van der Waals surface area contributed by atoms with Gasteiger partial charge in [-0.3, -0.25) is 9.36 Å². The number of rotatable bonds is 6.